The maximum absolute atomic E-state index is 5.73. The molecule has 0 aliphatic heterocycles. The highest BCUT2D eigenvalue weighted by molar-refractivity contribution is 8.11. The summed E-state index contributed by atoms with van der Waals surface area (Å²) in [6.07, 6.45) is 29.5. The molecule has 0 atom stereocenters. The Morgan fingerprint density at radius 3 is 1.12 bits per heavy atom. The normalized spacial score (nSPS) is 11.2. The minimum atomic E-state index is 0.631. The molecule has 2 rings (SSSR count). The van der Waals surface area contributed by atoms with E-state index in [9.17, 15) is 0 Å². The van der Waals surface area contributed by atoms with Gasteiger partial charge in [0.05, 0.1) is 11.4 Å². The summed E-state index contributed by atoms with van der Waals surface area (Å²) in [7, 11) is 0. The van der Waals surface area contributed by atoms with Crippen molar-refractivity contribution in [3.8, 4) is 0 Å². The molecule has 1 nitrogen and oxygen atoms in total. The van der Waals surface area contributed by atoms with Crippen molar-refractivity contribution >= 4 is 40.5 Å². The number of rotatable bonds is 24. The van der Waals surface area contributed by atoms with Gasteiger partial charge in [0.2, 0.25) is 0 Å². The number of thiol groups is 1. The molecule has 0 amide bonds. The van der Waals surface area contributed by atoms with Crippen molar-refractivity contribution in [2.24, 2.45) is 0 Å². The molecule has 0 aromatic heterocycles. The summed E-state index contributed by atoms with van der Waals surface area (Å²) in [4.78, 5) is 2.22. The molecule has 0 saturated heterocycles. The minimum absolute atomic E-state index is 0.631. The van der Waals surface area contributed by atoms with Crippen molar-refractivity contribution in [1.82, 2.24) is 0 Å². The number of nitrogens with zero attached hydrogens (tertiary/aromatic N) is 1. The van der Waals surface area contributed by atoms with Crippen LogP contribution < -0.4 is 4.90 Å². The molecule has 40 heavy (non-hydrogen) atoms. The van der Waals surface area contributed by atoms with E-state index in [-0.39, 0.29) is 0 Å². The van der Waals surface area contributed by atoms with Gasteiger partial charge in [-0.15, -0.1) is 12.6 Å². The fraction of sp³-hybridized carbons (Fsp3) is 0.649. The number of hydrogen-bond donors (Lipinski definition) is 1. The number of anilines is 2. The van der Waals surface area contributed by atoms with Crippen LogP contribution in [-0.4, -0.2) is 4.32 Å². The van der Waals surface area contributed by atoms with E-state index < -0.39 is 0 Å². The van der Waals surface area contributed by atoms with Gasteiger partial charge in [0.15, 0.2) is 0 Å². The molecule has 0 fully saturated rings. The number of para-hydroxylation sites is 2. The summed E-state index contributed by atoms with van der Waals surface area (Å²) in [5, 5.41) is 0. The van der Waals surface area contributed by atoms with Crippen molar-refractivity contribution in [3.63, 3.8) is 0 Å². The Balaban J connectivity index is 1.86. The Kier molecular flexibility index (Phi) is 20.3. The molecule has 224 valence electrons. The summed E-state index contributed by atoms with van der Waals surface area (Å²) in [5.74, 6) is 0. The molecule has 0 N–H and O–H groups in total. The van der Waals surface area contributed by atoms with E-state index in [1.54, 1.807) is 0 Å². The Hall–Kier alpha value is -1.32. The van der Waals surface area contributed by atoms with Crippen LogP contribution in [0.4, 0.5) is 11.4 Å². The summed E-state index contributed by atoms with van der Waals surface area (Å²) in [5.41, 5.74) is 5.17. The lowest BCUT2D eigenvalue weighted by atomic mass is 10.00. The molecule has 0 radical (unpaired) electrons. The second-order valence-corrected chi connectivity index (χ2v) is 12.9. The third-order valence-electron chi connectivity index (χ3n) is 8.26. The monoisotopic (exact) mass is 581 g/mol. The zero-order valence-electron chi connectivity index (χ0n) is 26.0. The zero-order valence-corrected chi connectivity index (χ0v) is 27.7. The second-order valence-electron chi connectivity index (χ2n) is 11.7. The Bertz CT molecular complexity index is 841. The topological polar surface area (TPSA) is 3.24 Å². The average Bonchev–Trinajstić information content (AvgIpc) is 2.96. The number of aryl methyl sites for hydroxylation is 2. The molecular formula is C37H59NS2. The Morgan fingerprint density at radius 1 is 0.500 bits per heavy atom. The standard InChI is InChI=1S/C37H59NS2/c1-3-5-7-9-11-13-15-17-19-21-27-33-29-23-25-31-35(33)38(37(39)40)36-32-26-24-30-34(36)28-22-20-18-16-14-12-10-8-6-4-2/h23-26,29-32H,3-22,27-28H2,1-2H3,(H,39,40). The molecule has 0 heterocycles. The van der Waals surface area contributed by atoms with Gasteiger partial charge in [-0.05, 0) is 48.9 Å². The van der Waals surface area contributed by atoms with Crippen molar-refractivity contribution in [1.29, 1.82) is 0 Å². The van der Waals surface area contributed by atoms with Crippen LogP contribution in [0.25, 0.3) is 0 Å². The first-order valence-electron chi connectivity index (χ1n) is 16.9. The number of benzene rings is 2. The van der Waals surface area contributed by atoms with Gasteiger partial charge in [0.25, 0.3) is 0 Å². The molecule has 0 spiro atoms. The van der Waals surface area contributed by atoms with E-state index in [0.29, 0.717) is 4.32 Å². The van der Waals surface area contributed by atoms with Gasteiger partial charge in [-0.1, -0.05) is 178 Å². The lowest BCUT2D eigenvalue weighted by Gasteiger charge is -2.28. The summed E-state index contributed by atoms with van der Waals surface area (Å²) in [6.45, 7) is 4.58. The maximum atomic E-state index is 5.73. The lowest BCUT2D eigenvalue weighted by Crippen LogP contribution is -2.22. The van der Waals surface area contributed by atoms with Crippen molar-refractivity contribution < 1.29 is 0 Å². The summed E-state index contributed by atoms with van der Waals surface area (Å²) < 4.78 is 0.631. The summed E-state index contributed by atoms with van der Waals surface area (Å²) in [6, 6.07) is 17.6. The number of hydrogen-bond acceptors (Lipinski definition) is 1. The molecule has 0 unspecified atom stereocenters. The smallest absolute Gasteiger partial charge is 0.142 e. The van der Waals surface area contributed by atoms with Gasteiger partial charge in [0.1, 0.15) is 4.32 Å². The van der Waals surface area contributed by atoms with Crippen LogP contribution in [0.3, 0.4) is 0 Å². The van der Waals surface area contributed by atoms with Crippen molar-refractivity contribution in [2.45, 2.75) is 155 Å². The first kappa shape index (κ1) is 34.9. The molecule has 0 saturated carbocycles. The van der Waals surface area contributed by atoms with E-state index in [1.165, 1.54) is 151 Å². The second kappa shape index (κ2) is 23.3. The van der Waals surface area contributed by atoms with Crippen molar-refractivity contribution in [3.05, 3.63) is 59.7 Å². The lowest BCUT2D eigenvalue weighted by molar-refractivity contribution is 0.556. The van der Waals surface area contributed by atoms with Crippen LogP contribution in [0.5, 0.6) is 0 Å². The fourth-order valence-electron chi connectivity index (χ4n) is 5.82. The van der Waals surface area contributed by atoms with E-state index in [4.69, 9.17) is 24.8 Å². The first-order chi connectivity index (χ1) is 19.7. The van der Waals surface area contributed by atoms with Gasteiger partial charge in [-0.3, -0.25) is 4.90 Å². The first-order valence-corrected chi connectivity index (χ1v) is 17.7. The number of thiocarbonyl (C=S) groups is 1. The van der Waals surface area contributed by atoms with E-state index >= 15 is 0 Å². The quantitative estimate of drug-likeness (QED) is 0.0746. The van der Waals surface area contributed by atoms with Crippen LogP contribution in [0.2, 0.25) is 0 Å². The van der Waals surface area contributed by atoms with Gasteiger partial charge in [-0.2, -0.15) is 0 Å². The van der Waals surface area contributed by atoms with Crippen LogP contribution >= 0.6 is 24.8 Å². The molecule has 2 aromatic carbocycles. The minimum Gasteiger partial charge on any atom is -0.296 e. The highest BCUT2D eigenvalue weighted by Crippen LogP contribution is 2.34. The van der Waals surface area contributed by atoms with Gasteiger partial charge in [-0.25, -0.2) is 0 Å². The average molecular weight is 582 g/mol. The largest absolute Gasteiger partial charge is 0.296 e. The maximum Gasteiger partial charge on any atom is 0.142 e. The van der Waals surface area contributed by atoms with E-state index in [2.05, 4.69) is 67.3 Å². The molecule has 0 aliphatic carbocycles. The van der Waals surface area contributed by atoms with Crippen LogP contribution in [0.15, 0.2) is 48.5 Å². The van der Waals surface area contributed by atoms with Gasteiger partial charge >= 0.3 is 0 Å². The van der Waals surface area contributed by atoms with Crippen LogP contribution in [0.1, 0.15) is 153 Å². The third kappa shape index (κ3) is 14.5. The molecule has 3 heteroatoms. The third-order valence-corrected chi connectivity index (χ3v) is 8.64. The predicted molar refractivity (Wildman–Crippen MR) is 188 cm³/mol. The van der Waals surface area contributed by atoms with Crippen LogP contribution in [-0.2, 0) is 12.8 Å². The Labute approximate surface area is 259 Å². The number of unbranched alkanes of at least 4 members (excludes halogenated alkanes) is 18. The van der Waals surface area contributed by atoms with E-state index in [0.717, 1.165) is 12.8 Å². The van der Waals surface area contributed by atoms with Gasteiger partial charge in [0, 0.05) is 0 Å². The highest BCUT2D eigenvalue weighted by atomic mass is 32.1. The zero-order chi connectivity index (χ0) is 28.7. The van der Waals surface area contributed by atoms with Gasteiger partial charge < -0.3 is 0 Å². The Morgan fingerprint density at radius 2 is 0.800 bits per heavy atom. The fourth-order valence-corrected chi connectivity index (χ4v) is 6.23. The molecule has 0 bridgehead atoms. The molecule has 2 aromatic rings. The SMILES string of the molecule is CCCCCCCCCCCCc1ccccc1N(C(=S)S)c1ccccc1CCCCCCCCCCCC. The van der Waals surface area contributed by atoms with E-state index in [1.807, 2.05) is 0 Å². The predicted octanol–water partition coefficient (Wildman–Crippen LogP) is 13.0. The highest BCUT2D eigenvalue weighted by Gasteiger charge is 2.18. The molecular weight excluding hydrogens is 523 g/mol. The molecule has 0 aliphatic rings. The van der Waals surface area contributed by atoms with Crippen molar-refractivity contribution in [2.75, 3.05) is 4.90 Å². The summed E-state index contributed by atoms with van der Waals surface area (Å²) >= 11 is 10.5. The van der Waals surface area contributed by atoms with Crippen LogP contribution in [0, 0.1) is 0 Å².